The molecule has 5 heterocycles. The molecule has 6 rings (SSSR count). The number of fused-ring (bicyclic) bond motifs is 1. The van der Waals surface area contributed by atoms with E-state index in [2.05, 4.69) is 64.8 Å². The minimum absolute atomic E-state index is 0.0112. The Balaban J connectivity index is 1.08. The summed E-state index contributed by atoms with van der Waals surface area (Å²) in [4.78, 5) is 39.6. The molecule has 2 N–H and O–H groups in total. The molecule has 2 fully saturated rings. The molecule has 0 saturated carbocycles. The van der Waals surface area contributed by atoms with Crippen molar-refractivity contribution in [1.82, 2.24) is 34.7 Å². The zero-order valence-electron chi connectivity index (χ0n) is 21.7. The second-order valence-electron chi connectivity index (χ2n) is 9.64. The van der Waals surface area contributed by atoms with E-state index < -0.39 is 0 Å². The van der Waals surface area contributed by atoms with E-state index in [4.69, 9.17) is 4.74 Å². The van der Waals surface area contributed by atoms with Gasteiger partial charge in [0.2, 0.25) is 5.91 Å². The van der Waals surface area contributed by atoms with Crippen molar-refractivity contribution in [2.75, 3.05) is 62.7 Å². The number of carbonyl (C=O) groups excluding carboxylic acids is 1. The number of carbonyl (C=O) groups is 1. The largest absolute Gasteiger partial charge is 0.378 e. The number of nitrogens with zero attached hydrogens (tertiary/aromatic N) is 7. The van der Waals surface area contributed by atoms with Crippen molar-refractivity contribution in [3.05, 3.63) is 67.5 Å². The Morgan fingerprint density at radius 1 is 0.974 bits per heavy atom. The molecule has 0 unspecified atom stereocenters. The van der Waals surface area contributed by atoms with Crippen LogP contribution in [0.15, 0.2) is 61.7 Å². The minimum atomic E-state index is -0.0112. The van der Waals surface area contributed by atoms with Crippen molar-refractivity contribution < 1.29 is 9.53 Å². The lowest BCUT2D eigenvalue weighted by molar-refractivity contribution is -0.127. The lowest BCUT2D eigenvalue weighted by Crippen LogP contribution is -2.47. The fraction of sp³-hybridized carbons (Fsp3) is 0.321. The molecular weight excluding hydrogens is 494 g/mol. The number of piperazine rings is 1. The Morgan fingerprint density at radius 2 is 1.72 bits per heavy atom. The van der Waals surface area contributed by atoms with Gasteiger partial charge in [-0.05, 0) is 29.8 Å². The van der Waals surface area contributed by atoms with Crippen molar-refractivity contribution in [3.8, 4) is 11.3 Å². The molecule has 11 nitrogen and oxygen atoms in total. The van der Waals surface area contributed by atoms with Gasteiger partial charge in [0.1, 0.15) is 23.6 Å². The number of amides is 1. The Bertz CT molecular complexity index is 1440. The highest BCUT2D eigenvalue weighted by molar-refractivity contribution is 5.92. The SMILES string of the molecule is C=CC(=O)N1CCN(Cc2ncc(Nc3ccc(-c4cc5c(N6CCOCC6)ncnc5[nH]4)cc3)cn2)CC1. The summed E-state index contributed by atoms with van der Waals surface area (Å²) in [6.07, 6.45) is 6.59. The molecule has 0 spiro atoms. The number of hydrogen-bond donors (Lipinski definition) is 2. The maximum Gasteiger partial charge on any atom is 0.246 e. The lowest BCUT2D eigenvalue weighted by atomic mass is 10.1. The normalized spacial score (nSPS) is 16.4. The van der Waals surface area contributed by atoms with Gasteiger partial charge in [0.25, 0.3) is 0 Å². The summed E-state index contributed by atoms with van der Waals surface area (Å²) in [6, 6.07) is 10.3. The van der Waals surface area contributed by atoms with Crippen molar-refractivity contribution in [3.63, 3.8) is 0 Å². The van der Waals surface area contributed by atoms with Gasteiger partial charge in [-0.15, -0.1) is 0 Å². The highest BCUT2D eigenvalue weighted by atomic mass is 16.5. The predicted molar refractivity (Wildman–Crippen MR) is 150 cm³/mol. The summed E-state index contributed by atoms with van der Waals surface area (Å²) in [5.74, 6) is 1.69. The number of morpholine rings is 1. The third-order valence-corrected chi connectivity index (χ3v) is 7.13. The lowest BCUT2D eigenvalue weighted by Gasteiger charge is -2.33. The Hall–Kier alpha value is -4.35. The first kappa shape index (κ1) is 25.0. The number of nitrogens with one attached hydrogen (secondary N) is 2. The molecule has 0 atom stereocenters. The number of rotatable bonds is 7. The van der Waals surface area contributed by atoms with Crippen molar-refractivity contribution in [2.45, 2.75) is 6.54 Å². The van der Waals surface area contributed by atoms with Gasteiger partial charge in [0.05, 0.1) is 43.2 Å². The minimum Gasteiger partial charge on any atom is -0.378 e. The van der Waals surface area contributed by atoms with Crippen LogP contribution < -0.4 is 10.2 Å². The number of aromatic amines is 1. The molecule has 2 aliphatic rings. The second-order valence-corrected chi connectivity index (χ2v) is 9.64. The molecule has 11 heteroatoms. The van der Waals surface area contributed by atoms with Gasteiger partial charge in [-0.3, -0.25) is 9.69 Å². The van der Waals surface area contributed by atoms with Crippen LogP contribution in [0.3, 0.4) is 0 Å². The van der Waals surface area contributed by atoms with Crippen molar-refractivity contribution in [1.29, 1.82) is 0 Å². The maximum atomic E-state index is 11.8. The Morgan fingerprint density at radius 3 is 2.44 bits per heavy atom. The average molecular weight is 526 g/mol. The number of H-pyrrole nitrogens is 1. The second kappa shape index (κ2) is 11.2. The summed E-state index contributed by atoms with van der Waals surface area (Å²) >= 11 is 0. The van der Waals surface area contributed by atoms with Crippen molar-refractivity contribution >= 4 is 34.1 Å². The standard InChI is InChI=1S/C28H31N9O2/c1-2-26(38)36-9-7-35(8-10-36)18-25-29-16-22(17-30-25)33-21-5-3-20(4-6-21)24-15-23-27(34-24)31-19-32-28(23)37-11-13-39-14-12-37/h2-6,15-17,19,33H,1,7-14,18H2,(H,31,32,34). The number of aromatic nitrogens is 5. The monoisotopic (exact) mass is 525 g/mol. The fourth-order valence-electron chi connectivity index (χ4n) is 4.97. The van der Waals surface area contributed by atoms with E-state index in [0.29, 0.717) is 32.8 Å². The summed E-state index contributed by atoms with van der Waals surface area (Å²) < 4.78 is 5.49. The van der Waals surface area contributed by atoms with E-state index in [1.807, 2.05) is 17.0 Å². The summed E-state index contributed by atoms with van der Waals surface area (Å²) in [5.41, 5.74) is 4.65. The van der Waals surface area contributed by atoms with E-state index in [9.17, 15) is 4.79 Å². The van der Waals surface area contributed by atoms with Crippen LogP contribution in [-0.2, 0) is 16.1 Å². The third kappa shape index (κ3) is 5.59. The highest BCUT2D eigenvalue weighted by Gasteiger charge is 2.20. The van der Waals surface area contributed by atoms with E-state index in [1.54, 1.807) is 18.7 Å². The molecular formula is C28H31N9O2. The van der Waals surface area contributed by atoms with Crippen LogP contribution in [0.2, 0.25) is 0 Å². The number of benzene rings is 1. The van der Waals surface area contributed by atoms with Gasteiger partial charge < -0.3 is 24.8 Å². The third-order valence-electron chi connectivity index (χ3n) is 7.13. The van der Waals surface area contributed by atoms with E-state index in [0.717, 1.165) is 71.5 Å². The Kier molecular flexibility index (Phi) is 7.15. The highest BCUT2D eigenvalue weighted by Crippen LogP contribution is 2.30. The molecule has 3 aromatic heterocycles. The molecule has 2 saturated heterocycles. The van der Waals surface area contributed by atoms with Crippen LogP contribution in [0.4, 0.5) is 17.2 Å². The van der Waals surface area contributed by atoms with E-state index in [1.165, 1.54) is 6.08 Å². The smallest absolute Gasteiger partial charge is 0.246 e. The zero-order chi connectivity index (χ0) is 26.6. The molecule has 200 valence electrons. The Labute approximate surface area is 226 Å². The molecule has 2 aliphatic heterocycles. The quantitative estimate of drug-likeness (QED) is 0.352. The van der Waals surface area contributed by atoms with Crippen LogP contribution in [0, 0.1) is 0 Å². The van der Waals surface area contributed by atoms with Gasteiger partial charge >= 0.3 is 0 Å². The van der Waals surface area contributed by atoms with Crippen LogP contribution in [-0.4, -0.2) is 93.1 Å². The van der Waals surface area contributed by atoms with Gasteiger partial charge in [-0.2, -0.15) is 0 Å². The van der Waals surface area contributed by atoms with Gasteiger partial charge in [-0.1, -0.05) is 18.7 Å². The predicted octanol–water partition coefficient (Wildman–Crippen LogP) is 2.83. The molecule has 0 bridgehead atoms. The topological polar surface area (TPSA) is 115 Å². The molecule has 1 amide bonds. The van der Waals surface area contributed by atoms with Crippen LogP contribution >= 0.6 is 0 Å². The van der Waals surface area contributed by atoms with E-state index >= 15 is 0 Å². The van der Waals surface area contributed by atoms with E-state index in [-0.39, 0.29) is 5.91 Å². The summed E-state index contributed by atoms with van der Waals surface area (Å²) in [7, 11) is 0. The van der Waals surface area contributed by atoms with Crippen LogP contribution in [0.25, 0.3) is 22.3 Å². The molecule has 4 aromatic rings. The maximum absolute atomic E-state index is 11.8. The first-order valence-corrected chi connectivity index (χ1v) is 13.1. The first-order chi connectivity index (χ1) is 19.2. The number of hydrogen-bond acceptors (Lipinski definition) is 9. The average Bonchev–Trinajstić information content (AvgIpc) is 3.44. The molecule has 39 heavy (non-hydrogen) atoms. The number of ether oxygens (including phenoxy) is 1. The first-order valence-electron chi connectivity index (χ1n) is 13.1. The number of anilines is 3. The van der Waals surface area contributed by atoms with Gasteiger partial charge in [0.15, 0.2) is 0 Å². The molecule has 0 radical (unpaired) electrons. The van der Waals surface area contributed by atoms with Crippen LogP contribution in [0.1, 0.15) is 5.82 Å². The fourth-order valence-corrected chi connectivity index (χ4v) is 4.97. The molecule has 0 aliphatic carbocycles. The zero-order valence-corrected chi connectivity index (χ0v) is 21.7. The summed E-state index contributed by atoms with van der Waals surface area (Å²) in [5, 5.41) is 4.39. The van der Waals surface area contributed by atoms with Crippen LogP contribution in [0.5, 0.6) is 0 Å². The van der Waals surface area contributed by atoms with Crippen molar-refractivity contribution in [2.24, 2.45) is 0 Å². The summed E-state index contributed by atoms with van der Waals surface area (Å²) in [6.45, 7) is 10.3. The molecule has 1 aromatic carbocycles. The van der Waals surface area contributed by atoms with Gasteiger partial charge in [-0.25, -0.2) is 19.9 Å². The van der Waals surface area contributed by atoms with Gasteiger partial charge in [0, 0.05) is 50.6 Å².